The first-order chi connectivity index (χ1) is 10.4. The zero-order valence-corrected chi connectivity index (χ0v) is 12.5. The first kappa shape index (κ1) is 16.4. The zero-order valence-electron chi connectivity index (χ0n) is 12.5. The number of nitrogens with one attached hydrogen (secondary N) is 1. The number of carbonyl (C=O) groups is 1. The lowest BCUT2D eigenvalue weighted by atomic mass is 10.1. The Morgan fingerprint density at radius 3 is 2.95 bits per heavy atom. The molecule has 1 fully saturated rings. The number of aromatic amines is 1. The lowest BCUT2D eigenvalue weighted by Crippen LogP contribution is -2.55. The van der Waals surface area contributed by atoms with Crippen LogP contribution < -0.4 is 21.7 Å². The van der Waals surface area contributed by atoms with Crippen molar-refractivity contribution in [1.82, 2.24) is 4.98 Å². The summed E-state index contributed by atoms with van der Waals surface area (Å²) in [6, 6.07) is 0.853. The molecule has 0 spiro atoms. The quantitative estimate of drug-likeness (QED) is 0.451. The van der Waals surface area contributed by atoms with Crippen molar-refractivity contribution in [3.63, 3.8) is 0 Å². The van der Waals surface area contributed by atoms with E-state index < -0.39 is 30.2 Å². The molecule has 1 aromatic rings. The van der Waals surface area contributed by atoms with Crippen LogP contribution in [0.15, 0.2) is 17.1 Å². The molecule has 1 aliphatic heterocycles. The second kappa shape index (κ2) is 6.86. The molecular weight excluding hydrogens is 292 g/mol. The molecule has 9 nitrogen and oxygen atoms in total. The average Bonchev–Trinajstić information content (AvgIpc) is 2.92. The van der Waals surface area contributed by atoms with E-state index in [1.54, 1.807) is 6.07 Å². The molecule has 0 aromatic carbocycles. The molecule has 3 atom stereocenters. The van der Waals surface area contributed by atoms with Gasteiger partial charge in [-0.3, -0.25) is 4.79 Å². The number of carbonyl (C=O) groups excluding carboxylic acids is 1. The Hall–Kier alpha value is -1.97. The zero-order chi connectivity index (χ0) is 16.3. The van der Waals surface area contributed by atoms with E-state index in [1.807, 2.05) is 13.8 Å². The SMILES string of the molecule is CC(C)[C@H](N)C(=O)OC[C@H]1OC[C@@H]([n+]2ccc(N)[nH]c2=O)O1. The molecular formula is C13H21N4O5+. The second-order valence-electron chi connectivity index (χ2n) is 5.36. The van der Waals surface area contributed by atoms with E-state index in [0.29, 0.717) is 0 Å². The summed E-state index contributed by atoms with van der Waals surface area (Å²) in [6.07, 6.45) is 0.162. The summed E-state index contributed by atoms with van der Waals surface area (Å²) < 4.78 is 17.2. The van der Waals surface area contributed by atoms with Gasteiger partial charge in [0.25, 0.3) is 0 Å². The van der Waals surface area contributed by atoms with Gasteiger partial charge in [0.2, 0.25) is 6.23 Å². The Morgan fingerprint density at radius 1 is 1.59 bits per heavy atom. The Labute approximate surface area is 127 Å². The predicted molar refractivity (Wildman–Crippen MR) is 75.3 cm³/mol. The highest BCUT2D eigenvalue weighted by atomic mass is 16.7. The van der Waals surface area contributed by atoms with Crippen LogP contribution in [0.25, 0.3) is 0 Å². The molecule has 9 heteroatoms. The predicted octanol–water partition coefficient (Wildman–Crippen LogP) is -1.36. The van der Waals surface area contributed by atoms with Gasteiger partial charge in [-0.25, -0.2) is 0 Å². The van der Waals surface area contributed by atoms with E-state index in [0.717, 1.165) is 0 Å². The van der Waals surface area contributed by atoms with Gasteiger partial charge in [-0.2, -0.15) is 14.3 Å². The van der Waals surface area contributed by atoms with Crippen molar-refractivity contribution in [3.05, 3.63) is 22.7 Å². The molecule has 0 saturated carbocycles. The highest BCUT2D eigenvalue weighted by Crippen LogP contribution is 2.15. The summed E-state index contributed by atoms with van der Waals surface area (Å²) in [5.41, 5.74) is 10.7. The lowest BCUT2D eigenvalue weighted by Gasteiger charge is -2.16. The third kappa shape index (κ3) is 3.81. The summed E-state index contributed by atoms with van der Waals surface area (Å²) in [7, 11) is 0. The van der Waals surface area contributed by atoms with Crippen molar-refractivity contribution >= 4 is 11.8 Å². The number of anilines is 1. The Bertz CT molecular complexity index is 588. The van der Waals surface area contributed by atoms with Gasteiger partial charge < -0.3 is 25.7 Å². The maximum absolute atomic E-state index is 11.8. The number of nitrogens with zero attached hydrogens (tertiary/aromatic N) is 1. The third-order valence-electron chi connectivity index (χ3n) is 3.30. The molecule has 1 aromatic heterocycles. The van der Waals surface area contributed by atoms with Gasteiger partial charge in [0.05, 0.1) is 0 Å². The van der Waals surface area contributed by atoms with Crippen molar-refractivity contribution in [1.29, 1.82) is 0 Å². The van der Waals surface area contributed by atoms with Crippen molar-refractivity contribution in [2.45, 2.75) is 32.4 Å². The molecule has 0 bridgehead atoms. The molecule has 0 unspecified atom stereocenters. The van der Waals surface area contributed by atoms with Crippen LogP contribution in [0.2, 0.25) is 0 Å². The van der Waals surface area contributed by atoms with E-state index in [4.69, 9.17) is 25.7 Å². The number of hydrogen-bond donors (Lipinski definition) is 3. The van der Waals surface area contributed by atoms with Crippen LogP contribution in [-0.2, 0) is 19.0 Å². The maximum Gasteiger partial charge on any atom is 0.499 e. The number of nitrogens with two attached hydrogens (primary N) is 2. The number of hydrogen-bond acceptors (Lipinski definition) is 7. The van der Waals surface area contributed by atoms with Crippen LogP contribution >= 0.6 is 0 Å². The summed E-state index contributed by atoms with van der Waals surface area (Å²) in [5.74, 6) is -0.272. The third-order valence-corrected chi connectivity index (χ3v) is 3.30. The fourth-order valence-electron chi connectivity index (χ4n) is 1.88. The fourth-order valence-corrected chi connectivity index (χ4v) is 1.88. The van der Waals surface area contributed by atoms with Crippen LogP contribution in [0.1, 0.15) is 20.1 Å². The van der Waals surface area contributed by atoms with Gasteiger partial charge in [0, 0.05) is 6.07 Å². The Kier molecular flexibility index (Phi) is 5.11. The molecule has 2 rings (SSSR count). The average molecular weight is 313 g/mol. The molecule has 122 valence electrons. The first-order valence-corrected chi connectivity index (χ1v) is 6.97. The number of esters is 1. The van der Waals surface area contributed by atoms with E-state index in [1.165, 1.54) is 10.8 Å². The summed E-state index contributed by atoms with van der Waals surface area (Å²) in [6.45, 7) is 3.74. The van der Waals surface area contributed by atoms with Gasteiger partial charge >= 0.3 is 11.7 Å². The number of rotatable bonds is 5. The minimum absolute atomic E-state index is 0.0189. The van der Waals surface area contributed by atoms with Gasteiger partial charge in [-0.15, -0.1) is 0 Å². The van der Waals surface area contributed by atoms with Crippen LogP contribution in [0.4, 0.5) is 5.82 Å². The minimum Gasteiger partial charge on any atom is -0.459 e. The number of H-pyrrole nitrogens is 1. The van der Waals surface area contributed by atoms with Crippen molar-refractivity contribution < 1.29 is 23.6 Å². The second-order valence-corrected chi connectivity index (χ2v) is 5.36. The monoisotopic (exact) mass is 313 g/mol. The minimum atomic E-state index is -0.738. The van der Waals surface area contributed by atoms with Crippen LogP contribution in [0, 0.1) is 5.92 Å². The molecule has 22 heavy (non-hydrogen) atoms. The van der Waals surface area contributed by atoms with Crippen LogP contribution in [0.5, 0.6) is 0 Å². The van der Waals surface area contributed by atoms with E-state index >= 15 is 0 Å². The molecule has 0 radical (unpaired) electrons. The van der Waals surface area contributed by atoms with Gasteiger partial charge in [0.15, 0.2) is 12.1 Å². The number of aromatic nitrogens is 2. The van der Waals surface area contributed by atoms with Crippen molar-refractivity contribution in [2.75, 3.05) is 18.9 Å². The highest BCUT2D eigenvalue weighted by molar-refractivity contribution is 5.75. The topological polar surface area (TPSA) is 134 Å². The Morgan fingerprint density at radius 2 is 2.32 bits per heavy atom. The molecule has 2 heterocycles. The number of ether oxygens (including phenoxy) is 3. The summed E-state index contributed by atoms with van der Waals surface area (Å²) >= 11 is 0. The maximum atomic E-state index is 11.8. The van der Waals surface area contributed by atoms with Crippen molar-refractivity contribution in [3.8, 4) is 0 Å². The number of nitrogen functional groups attached to an aromatic ring is 1. The summed E-state index contributed by atoms with van der Waals surface area (Å²) in [5, 5.41) is 0. The molecule has 1 aliphatic rings. The van der Waals surface area contributed by atoms with E-state index in [-0.39, 0.29) is 24.9 Å². The van der Waals surface area contributed by atoms with Gasteiger partial charge in [-0.1, -0.05) is 13.8 Å². The standard InChI is InChI=1S/C13H20N4O5/c1-7(2)11(15)12(18)21-6-10-20-5-9(22-10)17-4-3-8(14)16-13(17)19/h3-4,7,9-11H,5-6,15H2,1-2H3,(H2,14,16,19)/p+1/t9-,10-,11-/m0/s1. The smallest absolute Gasteiger partial charge is 0.459 e. The fraction of sp³-hybridized carbons (Fsp3) is 0.615. The van der Waals surface area contributed by atoms with Gasteiger partial charge in [0.1, 0.15) is 25.5 Å². The molecule has 0 amide bonds. The Balaban J connectivity index is 1.88. The first-order valence-electron chi connectivity index (χ1n) is 6.97. The normalized spacial score (nSPS) is 22.7. The lowest BCUT2D eigenvalue weighted by molar-refractivity contribution is -0.771. The van der Waals surface area contributed by atoms with Gasteiger partial charge in [-0.05, 0) is 5.92 Å². The van der Waals surface area contributed by atoms with Crippen molar-refractivity contribution in [2.24, 2.45) is 11.7 Å². The summed E-state index contributed by atoms with van der Waals surface area (Å²) in [4.78, 5) is 25.9. The van der Waals surface area contributed by atoms with E-state index in [2.05, 4.69) is 4.98 Å². The molecule has 1 saturated heterocycles. The molecule has 0 aliphatic carbocycles. The molecule has 5 N–H and O–H groups in total. The van der Waals surface area contributed by atoms with Crippen LogP contribution in [0.3, 0.4) is 0 Å². The van der Waals surface area contributed by atoms with Crippen LogP contribution in [-0.4, -0.2) is 36.5 Å². The van der Waals surface area contributed by atoms with E-state index in [9.17, 15) is 9.59 Å². The largest absolute Gasteiger partial charge is 0.499 e. The highest BCUT2D eigenvalue weighted by Gasteiger charge is 2.33.